The lowest BCUT2D eigenvalue weighted by atomic mass is 9.99. The van der Waals surface area contributed by atoms with Crippen LogP contribution in [-0.2, 0) is 38.9 Å². The van der Waals surface area contributed by atoms with Crippen LogP contribution in [0.2, 0.25) is 0 Å². The number of thioether (sulfide) groups is 2. The molecule has 17 N–H and O–H groups in total. The average Bonchev–Trinajstić information content (AvgIpc) is 1.37. The Morgan fingerprint density at radius 2 is 1.31 bits per heavy atom. The highest BCUT2D eigenvalue weighted by molar-refractivity contribution is 8.80. The number of aliphatic hydroxyl groups is 2. The third-order valence-electron chi connectivity index (χ3n) is 14.2. The number of benzene rings is 6. The largest absolute Gasteiger partial charge is 0.505 e. The summed E-state index contributed by atoms with van der Waals surface area (Å²) < 4.78 is 74.7. The van der Waals surface area contributed by atoms with Crippen molar-refractivity contribution in [2.24, 2.45) is 42.2 Å². The van der Waals surface area contributed by atoms with E-state index in [4.69, 9.17) is 27.7 Å². The van der Waals surface area contributed by atoms with Crippen molar-refractivity contribution in [2.45, 2.75) is 45.9 Å². The van der Waals surface area contributed by atoms with Crippen LogP contribution in [0.25, 0.3) is 10.8 Å². The second kappa shape index (κ2) is 23.7. The maximum Gasteiger partial charge on any atom is 0.296 e. The van der Waals surface area contributed by atoms with Crippen molar-refractivity contribution < 1.29 is 80.9 Å². The van der Waals surface area contributed by atoms with Crippen LogP contribution < -0.4 is 42.2 Å². The SMILES string of the molecule is NC1=CC2=[NH+]C3=CC4=[NH+]c5c(cc6c7c5SSC5=C(O)C(N)=C(N=Nc8ccc(NS(=O)(=O)c9ccc(N=Nc%10c(S(=O)(=O)O)cc%11cc(SOOO)c(N=Nc%12ccc(SOOO)cc%12)c(O)c%11c%10N)cc9)cc8)C(=[NH+]6)C5S7)NC4C4=C3SC2C(=C1O)SS4. The van der Waals surface area contributed by atoms with Gasteiger partial charge in [-0.25, -0.2) is 33.9 Å². The van der Waals surface area contributed by atoms with Crippen LogP contribution in [0.3, 0.4) is 0 Å². The number of phenolic OH excluding ortho intramolecular Hbond substituents is 1. The number of nitrogens with zero attached hydrogens (tertiary/aromatic N) is 6. The Morgan fingerprint density at radius 3 is 2.03 bits per heavy atom. The summed E-state index contributed by atoms with van der Waals surface area (Å²) in [4.78, 5) is 15.9. The van der Waals surface area contributed by atoms with Crippen molar-refractivity contribution in [1.82, 2.24) is 0 Å². The number of aliphatic hydroxyl groups excluding tert-OH is 2. The lowest BCUT2D eigenvalue weighted by Gasteiger charge is -2.29. The molecule has 456 valence electrons. The molecular weight excluding hydrogens is 1370 g/mol. The quantitative estimate of drug-likeness (QED) is 0.00819. The molecular formula is C52H37N14O14S10+3. The second-order valence-corrected chi connectivity index (χ2v) is 30.8. The highest BCUT2D eigenvalue weighted by Crippen LogP contribution is 2.60. The van der Waals surface area contributed by atoms with Gasteiger partial charge in [0.1, 0.15) is 54.0 Å². The molecule has 90 heavy (non-hydrogen) atoms. The molecule has 3 unspecified atom stereocenters. The minimum atomic E-state index is -5.09. The first-order valence-electron chi connectivity index (χ1n) is 25.5. The van der Waals surface area contributed by atoms with Gasteiger partial charge in [0.2, 0.25) is 34.2 Å². The molecule has 8 aliphatic rings. The molecule has 0 radical (unpaired) electrons. The molecule has 3 aliphatic carbocycles. The van der Waals surface area contributed by atoms with E-state index >= 15 is 0 Å². The highest BCUT2D eigenvalue weighted by Gasteiger charge is 2.51. The Balaban J connectivity index is 0.686. The standard InChI is InChI=1S/C52H34N14O14S10/c53-25-15-28-47-51(42(25)67)87-85-49-36-26(16-29(56-28)45(49)81-47)57-37-27(58-36)17-30-46-50(37)86-88-52-44(69)35(55)40(41(59-30)48(52)82-46)65-62-19-1-3-22(4-2-19)66-89(72,73)24-11-7-21(8-12-24)61-64-39-32(90(74,75)76)14-18-13-31(84-80-78-71)38(43(68)33(18)34(39)54)63-60-20-5-9-23(10-6-20)83-79-77-70/h1-17,36,47-48,58,66-71H,53-55H2,(H,74,75,76)/p+3. The molecule has 6 aromatic rings. The Hall–Kier alpha value is -7.35. The van der Waals surface area contributed by atoms with E-state index in [0.29, 0.717) is 51.0 Å². The molecule has 28 nitrogen and oxygen atoms in total. The minimum Gasteiger partial charge on any atom is -0.505 e. The number of anilines is 3. The molecule has 5 aliphatic heterocycles. The van der Waals surface area contributed by atoms with Gasteiger partial charge >= 0.3 is 0 Å². The fourth-order valence-corrected chi connectivity index (χ4v) is 22.1. The smallest absolute Gasteiger partial charge is 0.296 e. The van der Waals surface area contributed by atoms with Gasteiger partial charge in [-0.2, -0.15) is 23.8 Å². The molecule has 0 saturated heterocycles. The monoisotopic (exact) mass is 1400 g/mol. The van der Waals surface area contributed by atoms with E-state index in [1.165, 1.54) is 99.1 Å². The van der Waals surface area contributed by atoms with Crippen molar-refractivity contribution in [3.05, 3.63) is 157 Å². The molecule has 14 rings (SSSR count). The van der Waals surface area contributed by atoms with Crippen molar-refractivity contribution >= 4 is 196 Å². The number of hydrogen-bond donors (Lipinski definition) is 14. The summed E-state index contributed by atoms with van der Waals surface area (Å²) in [7, 11) is -3.30. The molecule has 0 fully saturated rings. The molecule has 6 aromatic carbocycles. The van der Waals surface area contributed by atoms with Crippen LogP contribution in [0.15, 0.2) is 217 Å². The number of nitrogens with one attached hydrogen (secondary N) is 5. The predicted molar refractivity (Wildman–Crippen MR) is 343 cm³/mol. The molecule has 4 bridgehead atoms. The van der Waals surface area contributed by atoms with Gasteiger partial charge in [0.05, 0.1) is 88.5 Å². The van der Waals surface area contributed by atoms with Crippen molar-refractivity contribution in [3.8, 4) is 5.75 Å². The van der Waals surface area contributed by atoms with Crippen molar-refractivity contribution in [1.29, 1.82) is 0 Å². The topological polar surface area (TPSA) is 445 Å². The molecule has 0 spiro atoms. The molecule has 0 amide bonds. The van der Waals surface area contributed by atoms with Gasteiger partial charge in [0, 0.05) is 27.6 Å². The van der Waals surface area contributed by atoms with Crippen LogP contribution in [0.4, 0.5) is 56.9 Å². The third-order valence-corrected chi connectivity index (χ3v) is 26.2. The summed E-state index contributed by atoms with van der Waals surface area (Å²) in [5, 5.41) is 87.1. The fraction of sp³-hybridized carbons (Fsp3) is 0.0577. The first-order chi connectivity index (χ1) is 43.3. The summed E-state index contributed by atoms with van der Waals surface area (Å²) in [5.41, 5.74) is 25.3. The van der Waals surface area contributed by atoms with Gasteiger partial charge < -0.3 is 37.8 Å². The zero-order valence-corrected chi connectivity index (χ0v) is 52.7. The van der Waals surface area contributed by atoms with Gasteiger partial charge in [-0.3, -0.25) is 9.27 Å². The van der Waals surface area contributed by atoms with Crippen molar-refractivity contribution in [2.75, 3.05) is 15.8 Å². The number of allylic oxidation sites excluding steroid dienone is 2. The van der Waals surface area contributed by atoms with E-state index < -0.39 is 47.4 Å². The number of phenols is 1. The van der Waals surface area contributed by atoms with Gasteiger partial charge in [-0.15, -0.1) is 24.0 Å². The van der Waals surface area contributed by atoms with E-state index in [2.05, 4.69) is 80.5 Å². The van der Waals surface area contributed by atoms with Crippen LogP contribution >= 0.6 is 90.8 Å². The number of fused-ring (bicyclic) bond motifs is 5. The number of azo groups is 3. The van der Waals surface area contributed by atoms with Crippen molar-refractivity contribution in [3.63, 3.8) is 0 Å². The van der Waals surface area contributed by atoms with E-state index in [-0.39, 0.29) is 77.5 Å². The summed E-state index contributed by atoms with van der Waals surface area (Å²) in [6.07, 6.45) is 3.91. The Kier molecular flexibility index (Phi) is 15.9. The van der Waals surface area contributed by atoms with Crippen LogP contribution in [0.5, 0.6) is 5.75 Å². The van der Waals surface area contributed by atoms with Gasteiger partial charge in [0.25, 0.3) is 20.1 Å². The summed E-state index contributed by atoms with van der Waals surface area (Å²) in [6, 6.07) is 21.1. The lowest BCUT2D eigenvalue weighted by Crippen LogP contribution is -2.78. The summed E-state index contributed by atoms with van der Waals surface area (Å²) in [5.74, 6) is -0.686. The second-order valence-electron chi connectivity index (χ2n) is 19.6. The summed E-state index contributed by atoms with van der Waals surface area (Å²) >= 11 is 4.30. The van der Waals surface area contributed by atoms with E-state index in [0.717, 1.165) is 64.8 Å². The minimum absolute atomic E-state index is 0.0140. The fourth-order valence-electron chi connectivity index (χ4n) is 10.1. The first-order valence-corrected chi connectivity index (χ1v) is 36.0. The van der Waals surface area contributed by atoms with Gasteiger partial charge in [-0.1, -0.05) is 66.0 Å². The van der Waals surface area contributed by atoms with E-state index in [9.17, 15) is 36.7 Å². The molecule has 0 aromatic heterocycles. The molecule has 38 heteroatoms. The molecule has 5 heterocycles. The average molecular weight is 1400 g/mol. The lowest BCUT2D eigenvalue weighted by molar-refractivity contribution is -0.432. The normalized spacial score (nSPS) is 19.9. The van der Waals surface area contributed by atoms with Crippen LogP contribution in [-0.4, -0.2) is 80.9 Å². The Bertz CT molecular complexity index is 4830. The van der Waals surface area contributed by atoms with E-state index in [1.54, 1.807) is 52.5 Å². The van der Waals surface area contributed by atoms with Gasteiger partial charge in [-0.05, 0) is 101 Å². The Labute approximate surface area is 539 Å². The maximum atomic E-state index is 13.7. The predicted octanol–water partition coefficient (Wildman–Crippen LogP) is 8.70. The zero-order chi connectivity index (χ0) is 62.5. The number of hydrogen-bond acceptors (Lipinski definition) is 31. The summed E-state index contributed by atoms with van der Waals surface area (Å²) in [6.45, 7) is 0. The maximum absolute atomic E-state index is 13.7. The Morgan fingerprint density at radius 1 is 0.656 bits per heavy atom. The highest BCUT2D eigenvalue weighted by atomic mass is 33.1. The first kappa shape index (κ1) is 60.2. The number of nitrogen functional groups attached to an aromatic ring is 1. The third kappa shape index (κ3) is 10.9. The zero-order valence-electron chi connectivity index (χ0n) is 44.5. The molecule has 3 atom stereocenters. The number of aromatic hydroxyl groups is 1. The van der Waals surface area contributed by atoms with E-state index in [1.807, 2.05) is 6.07 Å². The number of rotatable bonds is 16. The number of nitrogens with two attached hydrogens (primary N) is 3. The number of sulfonamides is 1. The van der Waals surface area contributed by atoms with Crippen LogP contribution in [0, 0.1) is 0 Å². The van der Waals surface area contributed by atoms with Gasteiger partial charge in [0.15, 0.2) is 23.0 Å². The molecule has 0 saturated carbocycles. The van der Waals surface area contributed by atoms with Crippen LogP contribution in [0.1, 0.15) is 0 Å².